The second-order valence-corrected chi connectivity index (χ2v) is 3.76. The zero-order valence-corrected chi connectivity index (χ0v) is 8.81. The van der Waals surface area contributed by atoms with E-state index in [2.05, 4.69) is 0 Å². The first-order valence-corrected chi connectivity index (χ1v) is 5.05. The van der Waals surface area contributed by atoms with Crippen LogP contribution >= 0.6 is 0 Å². The summed E-state index contributed by atoms with van der Waals surface area (Å²) in [7, 11) is 0. The number of benzene rings is 1. The maximum absolute atomic E-state index is 10.6. The average Bonchev–Trinajstić information content (AvgIpc) is 2.26. The van der Waals surface area contributed by atoms with Crippen molar-refractivity contribution in [3.05, 3.63) is 35.4 Å². The lowest BCUT2D eigenvalue weighted by Crippen LogP contribution is -2.10. The average molecular weight is 208 g/mol. The maximum atomic E-state index is 10.6. The number of aryl methyl sites for hydroxylation is 1. The smallest absolute Gasteiger partial charge is 0.306 e. The fourth-order valence-electron chi connectivity index (χ4n) is 1.39. The van der Waals surface area contributed by atoms with Crippen molar-refractivity contribution >= 4 is 5.97 Å². The number of hydrogen-bond donors (Lipinski definition) is 2. The van der Waals surface area contributed by atoms with Crippen molar-refractivity contribution in [2.75, 3.05) is 0 Å². The molecule has 2 N–H and O–H groups in total. The van der Waals surface area contributed by atoms with Gasteiger partial charge in [-0.25, -0.2) is 0 Å². The minimum Gasteiger partial charge on any atom is -0.481 e. The van der Waals surface area contributed by atoms with Crippen molar-refractivity contribution in [1.82, 2.24) is 0 Å². The molecule has 1 atom stereocenters. The lowest BCUT2D eigenvalue weighted by molar-refractivity contribution is -0.141. The molecule has 0 aliphatic rings. The lowest BCUT2D eigenvalue weighted by atomic mass is 10.00. The van der Waals surface area contributed by atoms with E-state index in [9.17, 15) is 4.79 Å². The van der Waals surface area contributed by atoms with E-state index in [4.69, 9.17) is 10.2 Å². The van der Waals surface area contributed by atoms with Gasteiger partial charge in [0, 0.05) is 0 Å². The summed E-state index contributed by atoms with van der Waals surface area (Å²) in [6.07, 6.45) is 1.37. The third kappa shape index (κ3) is 3.72. The molecular formula is C12H16O3. The van der Waals surface area contributed by atoms with Crippen molar-refractivity contribution in [3.8, 4) is 0 Å². The van der Waals surface area contributed by atoms with E-state index >= 15 is 0 Å². The van der Waals surface area contributed by atoms with Gasteiger partial charge in [0.1, 0.15) is 0 Å². The van der Waals surface area contributed by atoms with E-state index in [1.54, 1.807) is 6.92 Å². The Morgan fingerprint density at radius 3 is 2.67 bits per heavy atom. The van der Waals surface area contributed by atoms with Crippen LogP contribution in [0.25, 0.3) is 0 Å². The highest BCUT2D eigenvalue weighted by molar-refractivity contribution is 5.69. The molecule has 0 fully saturated rings. The van der Waals surface area contributed by atoms with Crippen LogP contribution in [0.15, 0.2) is 24.3 Å². The molecule has 0 radical (unpaired) electrons. The van der Waals surface area contributed by atoms with Crippen LogP contribution in [0.5, 0.6) is 0 Å². The molecule has 82 valence electrons. The molecule has 3 nitrogen and oxygen atoms in total. The van der Waals surface area contributed by atoms with Crippen LogP contribution in [0.3, 0.4) is 0 Å². The van der Waals surface area contributed by atoms with Gasteiger partial charge >= 0.3 is 5.97 Å². The molecule has 0 heterocycles. The fraction of sp³-hybridized carbons (Fsp3) is 0.417. The van der Waals surface area contributed by atoms with Crippen molar-refractivity contribution in [1.29, 1.82) is 0 Å². The highest BCUT2D eigenvalue weighted by atomic mass is 16.4. The number of aliphatic hydroxyl groups is 1. The third-order valence-electron chi connectivity index (χ3n) is 2.46. The van der Waals surface area contributed by atoms with Gasteiger partial charge in [-0.05, 0) is 24.0 Å². The second-order valence-electron chi connectivity index (χ2n) is 3.76. The third-order valence-corrected chi connectivity index (χ3v) is 2.46. The molecule has 0 amide bonds. The van der Waals surface area contributed by atoms with Gasteiger partial charge < -0.3 is 10.2 Å². The highest BCUT2D eigenvalue weighted by Crippen LogP contribution is 2.11. The van der Waals surface area contributed by atoms with Gasteiger partial charge in [0.05, 0.1) is 12.5 Å². The molecular weight excluding hydrogens is 192 g/mol. The number of hydrogen-bond acceptors (Lipinski definition) is 2. The van der Waals surface area contributed by atoms with Crippen LogP contribution in [0.1, 0.15) is 24.5 Å². The van der Waals surface area contributed by atoms with Crippen LogP contribution in [0.2, 0.25) is 0 Å². The number of rotatable bonds is 5. The van der Waals surface area contributed by atoms with Gasteiger partial charge in [-0.1, -0.05) is 31.2 Å². The first-order chi connectivity index (χ1) is 7.13. The molecule has 0 spiro atoms. The fourth-order valence-corrected chi connectivity index (χ4v) is 1.39. The first-order valence-electron chi connectivity index (χ1n) is 5.05. The number of aliphatic carboxylic acids is 1. The predicted molar refractivity (Wildman–Crippen MR) is 57.5 cm³/mol. The zero-order chi connectivity index (χ0) is 11.3. The van der Waals surface area contributed by atoms with Crippen molar-refractivity contribution < 1.29 is 15.0 Å². The summed E-state index contributed by atoms with van der Waals surface area (Å²) in [5.41, 5.74) is 1.95. The van der Waals surface area contributed by atoms with E-state index in [-0.39, 0.29) is 12.5 Å². The summed E-state index contributed by atoms with van der Waals surface area (Å²) in [6, 6.07) is 7.60. The van der Waals surface area contributed by atoms with Gasteiger partial charge in [0.2, 0.25) is 0 Å². The number of aliphatic hydroxyl groups excluding tert-OH is 1. The van der Waals surface area contributed by atoms with Gasteiger partial charge in [-0.15, -0.1) is 0 Å². The summed E-state index contributed by atoms with van der Waals surface area (Å²) in [6.45, 7) is 1.74. The summed E-state index contributed by atoms with van der Waals surface area (Å²) in [4.78, 5) is 10.6. The normalized spacial score (nSPS) is 12.4. The van der Waals surface area contributed by atoms with Crippen molar-refractivity contribution in [2.45, 2.75) is 26.4 Å². The zero-order valence-electron chi connectivity index (χ0n) is 8.81. The van der Waals surface area contributed by atoms with E-state index in [1.807, 2.05) is 24.3 Å². The van der Waals surface area contributed by atoms with E-state index in [0.29, 0.717) is 6.42 Å². The Bertz CT molecular complexity index is 333. The Morgan fingerprint density at radius 1 is 1.40 bits per heavy atom. The molecule has 0 saturated carbocycles. The van der Waals surface area contributed by atoms with Gasteiger partial charge in [0.25, 0.3) is 0 Å². The van der Waals surface area contributed by atoms with Crippen molar-refractivity contribution in [2.24, 2.45) is 5.92 Å². The van der Waals surface area contributed by atoms with Crippen LogP contribution in [0.4, 0.5) is 0 Å². The number of carboxylic acid groups (broad SMARTS) is 1. The molecule has 3 heteroatoms. The summed E-state index contributed by atoms with van der Waals surface area (Å²) >= 11 is 0. The Morgan fingerprint density at radius 2 is 2.07 bits per heavy atom. The SMILES string of the molecule is CC(CCc1cccc(CO)c1)C(=O)O. The predicted octanol–water partition coefficient (Wildman–Crippen LogP) is 1.83. The van der Waals surface area contributed by atoms with Crippen molar-refractivity contribution in [3.63, 3.8) is 0 Å². The van der Waals surface area contributed by atoms with Gasteiger partial charge in [-0.3, -0.25) is 4.79 Å². The molecule has 15 heavy (non-hydrogen) atoms. The summed E-state index contributed by atoms with van der Waals surface area (Å²) < 4.78 is 0. The van der Waals surface area contributed by atoms with E-state index < -0.39 is 5.97 Å². The molecule has 1 aromatic rings. The molecule has 0 saturated heterocycles. The highest BCUT2D eigenvalue weighted by Gasteiger charge is 2.10. The molecule has 1 unspecified atom stereocenters. The number of carbonyl (C=O) groups is 1. The van der Waals surface area contributed by atoms with Crippen LogP contribution in [0, 0.1) is 5.92 Å². The topological polar surface area (TPSA) is 57.5 Å². The lowest BCUT2D eigenvalue weighted by Gasteiger charge is -2.06. The minimum atomic E-state index is -0.756. The molecule has 0 aromatic heterocycles. The largest absolute Gasteiger partial charge is 0.481 e. The first kappa shape index (κ1) is 11.7. The Labute approximate surface area is 89.4 Å². The van der Waals surface area contributed by atoms with E-state index in [0.717, 1.165) is 17.5 Å². The maximum Gasteiger partial charge on any atom is 0.306 e. The number of carboxylic acids is 1. The second kappa shape index (κ2) is 5.51. The Balaban J connectivity index is 2.53. The van der Waals surface area contributed by atoms with E-state index in [1.165, 1.54) is 0 Å². The molecule has 1 aromatic carbocycles. The van der Waals surface area contributed by atoms with Crippen LogP contribution in [-0.4, -0.2) is 16.2 Å². The minimum absolute atomic E-state index is 0.0301. The summed E-state index contributed by atoms with van der Waals surface area (Å²) in [5.74, 6) is -1.07. The van der Waals surface area contributed by atoms with Crippen LogP contribution < -0.4 is 0 Å². The monoisotopic (exact) mass is 208 g/mol. The quantitative estimate of drug-likeness (QED) is 0.776. The summed E-state index contributed by atoms with van der Waals surface area (Å²) in [5, 5.41) is 17.7. The van der Waals surface area contributed by atoms with Gasteiger partial charge in [0.15, 0.2) is 0 Å². The van der Waals surface area contributed by atoms with Crippen LogP contribution in [-0.2, 0) is 17.8 Å². The Hall–Kier alpha value is -1.35. The molecule has 1 rings (SSSR count). The molecule has 0 aliphatic heterocycles. The van der Waals surface area contributed by atoms with Gasteiger partial charge in [-0.2, -0.15) is 0 Å². The molecule has 0 bridgehead atoms. The standard InChI is InChI=1S/C12H16O3/c1-9(12(14)15)5-6-10-3-2-4-11(7-10)8-13/h2-4,7,9,13H,5-6,8H2,1H3,(H,14,15). The Kier molecular flexibility index (Phi) is 4.31. The molecule has 0 aliphatic carbocycles.